The molecule has 2 aromatic heterocycles. The largest absolute Gasteiger partial charge is 0.444 e. The predicted molar refractivity (Wildman–Crippen MR) is 144 cm³/mol. The summed E-state index contributed by atoms with van der Waals surface area (Å²) < 4.78 is 7.04. The molecule has 0 saturated carbocycles. The van der Waals surface area contributed by atoms with Crippen molar-refractivity contribution < 1.29 is 9.53 Å². The number of hydrogen-bond donors (Lipinski definition) is 0. The number of para-hydroxylation sites is 1. The molecule has 3 aromatic rings. The lowest BCUT2D eigenvalue weighted by Gasteiger charge is -2.41. The third-order valence-electron chi connectivity index (χ3n) is 6.11. The minimum atomic E-state index is -0.576. The summed E-state index contributed by atoms with van der Waals surface area (Å²) >= 11 is 12.7. The van der Waals surface area contributed by atoms with Crippen LogP contribution in [0.2, 0.25) is 10.2 Å². The van der Waals surface area contributed by atoms with Crippen LogP contribution < -0.4 is 10.6 Å². The van der Waals surface area contributed by atoms with Gasteiger partial charge in [0.05, 0.1) is 16.1 Å². The Morgan fingerprint density at radius 1 is 1.14 bits per heavy atom. The van der Waals surface area contributed by atoms with Crippen molar-refractivity contribution in [3.63, 3.8) is 0 Å². The zero-order valence-electron chi connectivity index (χ0n) is 21.4. The third-order valence-corrected chi connectivity index (χ3v) is 6.78. The molecule has 3 heterocycles. The third kappa shape index (κ3) is 5.15. The van der Waals surface area contributed by atoms with Crippen LogP contribution in [0.25, 0.3) is 16.7 Å². The molecule has 10 heteroatoms. The van der Waals surface area contributed by atoms with Crippen molar-refractivity contribution in [3.05, 3.63) is 56.6 Å². The molecule has 1 aliphatic heterocycles. The smallest absolute Gasteiger partial charge is 0.410 e. The van der Waals surface area contributed by atoms with Gasteiger partial charge in [0.25, 0.3) is 0 Å². The molecule has 1 saturated heterocycles. The molecule has 0 bridgehead atoms. The number of amides is 1. The van der Waals surface area contributed by atoms with Gasteiger partial charge in [-0.3, -0.25) is 0 Å². The van der Waals surface area contributed by atoms with E-state index >= 15 is 0 Å². The molecule has 1 unspecified atom stereocenters. The Morgan fingerprint density at radius 2 is 1.83 bits per heavy atom. The van der Waals surface area contributed by atoms with Crippen LogP contribution in [0.3, 0.4) is 0 Å². The van der Waals surface area contributed by atoms with Gasteiger partial charge >= 0.3 is 11.8 Å². The molecule has 1 atom stereocenters. The number of aromatic nitrogens is 3. The van der Waals surface area contributed by atoms with E-state index in [1.54, 1.807) is 11.0 Å². The number of rotatable bonds is 3. The maximum atomic E-state index is 13.5. The zero-order chi connectivity index (χ0) is 26.4. The molecule has 1 aromatic carbocycles. The number of carbonyl (C=O) groups is 1. The summed E-state index contributed by atoms with van der Waals surface area (Å²) in [5, 5.41) is 0.994. The van der Waals surface area contributed by atoms with Gasteiger partial charge in [-0.25, -0.2) is 19.1 Å². The molecular formula is C26H31Cl2N5O3. The maximum Gasteiger partial charge on any atom is 0.410 e. The Hall–Kier alpha value is -2.84. The monoisotopic (exact) mass is 531 g/mol. The van der Waals surface area contributed by atoms with Crippen LogP contribution >= 0.6 is 23.2 Å². The first kappa shape index (κ1) is 26.2. The van der Waals surface area contributed by atoms with Gasteiger partial charge in [0.15, 0.2) is 5.65 Å². The maximum absolute atomic E-state index is 13.5. The van der Waals surface area contributed by atoms with E-state index in [2.05, 4.69) is 23.8 Å². The van der Waals surface area contributed by atoms with Gasteiger partial charge < -0.3 is 14.5 Å². The van der Waals surface area contributed by atoms with Crippen LogP contribution in [-0.2, 0) is 4.74 Å². The van der Waals surface area contributed by atoms with E-state index < -0.39 is 11.3 Å². The SMILES string of the molecule is CC(C)c1ccccc1-n1c(=O)nc(N2CCN(C(=O)OC(C)(C)C)CC2C)c2cc(Cl)c(Cl)nc21. The van der Waals surface area contributed by atoms with Crippen molar-refractivity contribution in [1.82, 2.24) is 19.4 Å². The predicted octanol–water partition coefficient (Wildman–Crippen LogP) is 5.66. The first-order chi connectivity index (χ1) is 16.9. The van der Waals surface area contributed by atoms with Crippen molar-refractivity contribution in [2.75, 3.05) is 24.5 Å². The molecule has 192 valence electrons. The number of ether oxygens (including phenoxy) is 1. The number of piperazine rings is 1. The molecule has 8 nitrogen and oxygen atoms in total. The van der Waals surface area contributed by atoms with Crippen molar-refractivity contribution in [2.24, 2.45) is 0 Å². The second-order valence-corrected chi connectivity index (χ2v) is 11.1. The number of hydrogen-bond acceptors (Lipinski definition) is 6. The average molecular weight is 532 g/mol. The molecule has 36 heavy (non-hydrogen) atoms. The highest BCUT2D eigenvalue weighted by molar-refractivity contribution is 6.41. The Morgan fingerprint density at radius 3 is 2.47 bits per heavy atom. The summed E-state index contributed by atoms with van der Waals surface area (Å²) in [6, 6.07) is 9.26. The fourth-order valence-electron chi connectivity index (χ4n) is 4.46. The molecule has 0 aliphatic carbocycles. The van der Waals surface area contributed by atoms with E-state index in [0.717, 1.165) is 5.56 Å². The number of anilines is 1. The second-order valence-electron chi connectivity index (χ2n) is 10.4. The number of benzene rings is 1. The van der Waals surface area contributed by atoms with Crippen LogP contribution in [0.5, 0.6) is 0 Å². The lowest BCUT2D eigenvalue weighted by molar-refractivity contribution is 0.0218. The Kier molecular flexibility index (Phi) is 7.21. The minimum absolute atomic E-state index is 0.110. The summed E-state index contributed by atoms with van der Waals surface area (Å²) in [6.07, 6.45) is -0.357. The summed E-state index contributed by atoms with van der Waals surface area (Å²) in [7, 11) is 0. The lowest BCUT2D eigenvalue weighted by Crippen LogP contribution is -2.55. The average Bonchev–Trinajstić information content (AvgIpc) is 2.79. The molecule has 0 radical (unpaired) electrons. The summed E-state index contributed by atoms with van der Waals surface area (Å²) in [5.74, 6) is 0.641. The van der Waals surface area contributed by atoms with Crippen LogP contribution in [0.4, 0.5) is 10.6 Å². The van der Waals surface area contributed by atoms with Crippen molar-refractivity contribution >= 4 is 46.1 Å². The second kappa shape index (κ2) is 9.90. The number of nitrogens with zero attached hydrogens (tertiary/aromatic N) is 5. The minimum Gasteiger partial charge on any atom is -0.444 e. The van der Waals surface area contributed by atoms with Crippen LogP contribution in [0.15, 0.2) is 35.1 Å². The van der Waals surface area contributed by atoms with E-state index in [0.29, 0.717) is 42.2 Å². The summed E-state index contributed by atoms with van der Waals surface area (Å²) in [6.45, 7) is 13.0. The standard InChI is InChI=1S/C26H31Cl2N5O3/c1-15(2)17-9-7-8-10-20(17)33-23-18(13-19(27)21(28)29-23)22(30-24(33)34)32-12-11-31(14-16(32)3)25(35)36-26(4,5)6/h7-10,13,15-16H,11-12,14H2,1-6H3. The topological polar surface area (TPSA) is 80.6 Å². The van der Waals surface area contributed by atoms with Gasteiger partial charge in [-0.15, -0.1) is 0 Å². The highest BCUT2D eigenvalue weighted by atomic mass is 35.5. The number of fused-ring (bicyclic) bond motifs is 1. The number of carbonyl (C=O) groups excluding carboxylic acids is 1. The summed E-state index contributed by atoms with van der Waals surface area (Å²) in [5.41, 5.74) is 1.04. The first-order valence-electron chi connectivity index (χ1n) is 12.0. The highest BCUT2D eigenvalue weighted by Gasteiger charge is 2.32. The van der Waals surface area contributed by atoms with Gasteiger partial charge in [-0.05, 0) is 51.3 Å². The van der Waals surface area contributed by atoms with E-state index in [4.69, 9.17) is 27.9 Å². The van der Waals surface area contributed by atoms with Crippen molar-refractivity contribution in [1.29, 1.82) is 0 Å². The van der Waals surface area contributed by atoms with Crippen LogP contribution in [-0.4, -0.2) is 56.8 Å². The van der Waals surface area contributed by atoms with Gasteiger partial charge in [0, 0.05) is 25.7 Å². The van der Waals surface area contributed by atoms with Crippen molar-refractivity contribution in [2.45, 2.75) is 59.1 Å². The van der Waals surface area contributed by atoms with Crippen LogP contribution in [0.1, 0.15) is 53.0 Å². The number of halogens is 2. The van der Waals surface area contributed by atoms with E-state index in [-0.39, 0.29) is 28.2 Å². The molecule has 0 spiro atoms. The van der Waals surface area contributed by atoms with Crippen LogP contribution in [0, 0.1) is 0 Å². The van der Waals surface area contributed by atoms with Gasteiger partial charge in [0.1, 0.15) is 16.6 Å². The Bertz CT molecular complexity index is 1370. The van der Waals surface area contributed by atoms with Crippen molar-refractivity contribution in [3.8, 4) is 5.69 Å². The van der Waals surface area contributed by atoms with Gasteiger partial charge in [-0.2, -0.15) is 4.98 Å². The molecule has 4 rings (SSSR count). The molecule has 0 N–H and O–H groups in total. The van der Waals surface area contributed by atoms with E-state index in [1.807, 2.05) is 56.9 Å². The lowest BCUT2D eigenvalue weighted by atomic mass is 10.0. The Balaban J connectivity index is 1.81. The normalized spacial score (nSPS) is 16.6. The molecule has 1 fully saturated rings. The number of pyridine rings is 1. The van der Waals surface area contributed by atoms with E-state index in [1.165, 1.54) is 4.57 Å². The Labute approximate surface area is 220 Å². The molecule has 1 amide bonds. The van der Waals surface area contributed by atoms with E-state index in [9.17, 15) is 9.59 Å². The molecule has 1 aliphatic rings. The quantitative estimate of drug-likeness (QED) is 0.405. The summed E-state index contributed by atoms with van der Waals surface area (Å²) in [4.78, 5) is 38.9. The van der Waals surface area contributed by atoms with Gasteiger partial charge in [-0.1, -0.05) is 55.2 Å². The fraction of sp³-hybridized carbons (Fsp3) is 0.462. The highest BCUT2D eigenvalue weighted by Crippen LogP contribution is 2.33. The molecular weight excluding hydrogens is 501 g/mol. The first-order valence-corrected chi connectivity index (χ1v) is 12.8. The fourth-order valence-corrected chi connectivity index (χ4v) is 4.75. The van der Waals surface area contributed by atoms with Gasteiger partial charge in [0.2, 0.25) is 0 Å². The zero-order valence-corrected chi connectivity index (χ0v) is 22.9.